The normalized spacial score (nSPS) is 20.3. The molecule has 80 valence electrons. The van der Waals surface area contributed by atoms with Gasteiger partial charge < -0.3 is 14.8 Å². The molecular weight excluding hydrogens is 194 g/mol. The first-order valence-corrected chi connectivity index (χ1v) is 4.88. The van der Waals surface area contributed by atoms with Crippen molar-refractivity contribution < 1.29 is 14.3 Å². The van der Waals surface area contributed by atoms with Crippen molar-refractivity contribution in [1.82, 2.24) is 5.32 Å². The molecule has 1 N–H and O–H groups in total. The van der Waals surface area contributed by atoms with E-state index in [0.717, 1.165) is 17.7 Å². The van der Waals surface area contributed by atoms with Crippen molar-refractivity contribution in [3.05, 3.63) is 29.8 Å². The number of carbonyl (C=O) groups is 1. The van der Waals surface area contributed by atoms with Gasteiger partial charge in [0.05, 0.1) is 7.11 Å². The van der Waals surface area contributed by atoms with E-state index >= 15 is 0 Å². The summed E-state index contributed by atoms with van der Waals surface area (Å²) >= 11 is 0. The lowest BCUT2D eigenvalue weighted by atomic mass is 10.0. The highest BCUT2D eigenvalue weighted by Gasteiger charge is 2.23. The number of rotatable bonds is 2. The summed E-state index contributed by atoms with van der Waals surface area (Å²) in [4.78, 5) is 11.1. The Bertz CT molecular complexity index is 365. The molecule has 2 rings (SSSR count). The Morgan fingerprint density at radius 1 is 1.47 bits per heavy atom. The van der Waals surface area contributed by atoms with E-state index in [-0.39, 0.29) is 12.2 Å². The Hall–Kier alpha value is -1.71. The lowest BCUT2D eigenvalue weighted by Gasteiger charge is -2.24. The molecule has 1 aromatic carbocycles. The Labute approximate surface area is 88.2 Å². The van der Waals surface area contributed by atoms with Crippen molar-refractivity contribution in [2.75, 3.05) is 13.7 Å². The van der Waals surface area contributed by atoms with Gasteiger partial charge in [-0.25, -0.2) is 4.79 Å². The van der Waals surface area contributed by atoms with Crippen LogP contribution in [0, 0.1) is 0 Å². The van der Waals surface area contributed by atoms with Crippen molar-refractivity contribution in [3.8, 4) is 5.75 Å². The zero-order valence-corrected chi connectivity index (χ0v) is 8.53. The van der Waals surface area contributed by atoms with Crippen LogP contribution in [0.4, 0.5) is 4.79 Å². The van der Waals surface area contributed by atoms with E-state index in [9.17, 15) is 4.79 Å². The first-order chi connectivity index (χ1) is 7.31. The van der Waals surface area contributed by atoms with Gasteiger partial charge in [-0.2, -0.15) is 0 Å². The van der Waals surface area contributed by atoms with Crippen molar-refractivity contribution in [1.29, 1.82) is 0 Å². The molecule has 0 saturated carbocycles. The average molecular weight is 207 g/mol. The largest absolute Gasteiger partial charge is 0.496 e. The van der Waals surface area contributed by atoms with Gasteiger partial charge in [0, 0.05) is 18.5 Å². The Morgan fingerprint density at radius 2 is 2.27 bits per heavy atom. The van der Waals surface area contributed by atoms with E-state index in [1.165, 1.54) is 0 Å². The standard InChI is InChI=1S/C11H13NO3/c1-14-9-5-3-2-4-8(9)10-6-7-12-11(13)15-10/h2-5,10H,6-7H2,1H3,(H,12,13)/t10-/m0/s1. The number of carbonyl (C=O) groups excluding carboxylic acids is 1. The minimum Gasteiger partial charge on any atom is -0.496 e. The number of methoxy groups -OCH3 is 1. The SMILES string of the molecule is COc1ccccc1[C@@H]1CCNC(=O)O1. The van der Waals surface area contributed by atoms with Gasteiger partial charge in [0.1, 0.15) is 11.9 Å². The van der Waals surface area contributed by atoms with Gasteiger partial charge >= 0.3 is 6.09 Å². The van der Waals surface area contributed by atoms with Gasteiger partial charge in [0.15, 0.2) is 0 Å². The number of nitrogens with one attached hydrogen (secondary N) is 1. The zero-order chi connectivity index (χ0) is 10.7. The van der Waals surface area contributed by atoms with E-state index in [0.29, 0.717) is 6.54 Å². The van der Waals surface area contributed by atoms with E-state index < -0.39 is 0 Å². The maximum atomic E-state index is 11.1. The summed E-state index contributed by atoms with van der Waals surface area (Å²) in [5, 5.41) is 2.62. The molecule has 1 aromatic rings. The monoisotopic (exact) mass is 207 g/mol. The molecule has 0 spiro atoms. The molecule has 1 heterocycles. The summed E-state index contributed by atoms with van der Waals surface area (Å²) in [6.45, 7) is 0.640. The molecule has 1 saturated heterocycles. The van der Waals surface area contributed by atoms with Crippen LogP contribution in [0.3, 0.4) is 0 Å². The second kappa shape index (κ2) is 4.21. The molecule has 1 aliphatic rings. The third-order valence-electron chi connectivity index (χ3n) is 2.41. The maximum absolute atomic E-state index is 11.1. The van der Waals surface area contributed by atoms with Gasteiger partial charge in [-0.05, 0) is 6.07 Å². The summed E-state index contributed by atoms with van der Waals surface area (Å²) < 4.78 is 10.4. The predicted octanol–water partition coefficient (Wildman–Crippen LogP) is 1.87. The fraction of sp³-hybridized carbons (Fsp3) is 0.364. The van der Waals surface area contributed by atoms with Crippen molar-refractivity contribution in [2.45, 2.75) is 12.5 Å². The lowest BCUT2D eigenvalue weighted by molar-refractivity contribution is 0.0725. The summed E-state index contributed by atoms with van der Waals surface area (Å²) in [6, 6.07) is 7.59. The molecule has 4 heteroatoms. The molecule has 4 nitrogen and oxygen atoms in total. The number of hydrogen-bond donors (Lipinski definition) is 1. The van der Waals surface area contributed by atoms with Crippen LogP contribution < -0.4 is 10.1 Å². The molecule has 1 fully saturated rings. The molecule has 0 radical (unpaired) electrons. The van der Waals surface area contributed by atoms with Crippen LogP contribution in [0.25, 0.3) is 0 Å². The topological polar surface area (TPSA) is 47.6 Å². The van der Waals surface area contributed by atoms with Crippen LogP contribution in [-0.4, -0.2) is 19.7 Å². The highest BCUT2D eigenvalue weighted by Crippen LogP contribution is 2.30. The van der Waals surface area contributed by atoms with Crippen LogP contribution in [0.1, 0.15) is 18.1 Å². The van der Waals surface area contributed by atoms with Crippen LogP contribution in [-0.2, 0) is 4.74 Å². The molecule has 0 aliphatic carbocycles. The van der Waals surface area contributed by atoms with Crippen molar-refractivity contribution >= 4 is 6.09 Å². The quantitative estimate of drug-likeness (QED) is 0.805. The van der Waals surface area contributed by atoms with Gasteiger partial charge in [-0.15, -0.1) is 0 Å². The number of amides is 1. The Kier molecular flexibility index (Phi) is 2.76. The van der Waals surface area contributed by atoms with Crippen LogP contribution in [0.15, 0.2) is 24.3 Å². The number of hydrogen-bond acceptors (Lipinski definition) is 3. The number of benzene rings is 1. The third kappa shape index (κ3) is 2.03. The molecule has 0 aromatic heterocycles. The van der Waals surface area contributed by atoms with E-state index in [2.05, 4.69) is 5.32 Å². The van der Waals surface area contributed by atoms with Crippen molar-refractivity contribution in [3.63, 3.8) is 0 Å². The van der Waals surface area contributed by atoms with Crippen LogP contribution in [0.2, 0.25) is 0 Å². The lowest BCUT2D eigenvalue weighted by Crippen LogP contribution is -2.33. The maximum Gasteiger partial charge on any atom is 0.407 e. The van der Waals surface area contributed by atoms with Gasteiger partial charge in [-0.3, -0.25) is 0 Å². The van der Waals surface area contributed by atoms with Crippen LogP contribution >= 0.6 is 0 Å². The highest BCUT2D eigenvalue weighted by molar-refractivity contribution is 5.68. The molecule has 0 unspecified atom stereocenters. The molecular formula is C11H13NO3. The summed E-state index contributed by atoms with van der Waals surface area (Å²) in [5.41, 5.74) is 0.926. The smallest absolute Gasteiger partial charge is 0.407 e. The minimum absolute atomic E-state index is 0.199. The number of alkyl carbamates (subject to hydrolysis) is 1. The summed E-state index contributed by atoms with van der Waals surface area (Å²) in [7, 11) is 1.61. The number of ether oxygens (including phenoxy) is 2. The minimum atomic E-state index is -0.364. The predicted molar refractivity (Wildman–Crippen MR) is 54.8 cm³/mol. The number of cyclic esters (lactones) is 1. The van der Waals surface area contributed by atoms with Crippen LogP contribution in [0.5, 0.6) is 5.75 Å². The molecule has 1 amide bonds. The van der Waals surface area contributed by atoms with E-state index in [1.54, 1.807) is 7.11 Å². The second-order valence-electron chi connectivity index (χ2n) is 3.35. The first-order valence-electron chi connectivity index (χ1n) is 4.88. The average Bonchev–Trinajstić information content (AvgIpc) is 2.29. The second-order valence-corrected chi connectivity index (χ2v) is 3.35. The van der Waals surface area contributed by atoms with E-state index in [1.807, 2.05) is 24.3 Å². The number of para-hydroxylation sites is 1. The fourth-order valence-corrected chi connectivity index (χ4v) is 1.69. The third-order valence-corrected chi connectivity index (χ3v) is 2.41. The van der Waals surface area contributed by atoms with Gasteiger partial charge in [-0.1, -0.05) is 18.2 Å². The first kappa shape index (κ1) is 9.83. The zero-order valence-electron chi connectivity index (χ0n) is 8.53. The summed E-state index contributed by atoms with van der Waals surface area (Å²) in [6.07, 6.45) is 0.207. The Morgan fingerprint density at radius 3 is 3.00 bits per heavy atom. The Balaban J connectivity index is 2.24. The molecule has 1 atom stereocenters. The van der Waals surface area contributed by atoms with Crippen molar-refractivity contribution in [2.24, 2.45) is 0 Å². The van der Waals surface area contributed by atoms with Gasteiger partial charge in [0.25, 0.3) is 0 Å². The van der Waals surface area contributed by atoms with E-state index in [4.69, 9.17) is 9.47 Å². The van der Waals surface area contributed by atoms with Gasteiger partial charge in [0.2, 0.25) is 0 Å². The fourth-order valence-electron chi connectivity index (χ4n) is 1.69. The molecule has 1 aliphatic heterocycles. The molecule has 15 heavy (non-hydrogen) atoms. The summed E-state index contributed by atoms with van der Waals surface area (Å²) in [5.74, 6) is 0.761. The molecule has 0 bridgehead atoms. The highest BCUT2D eigenvalue weighted by atomic mass is 16.6.